The van der Waals surface area contributed by atoms with Gasteiger partial charge in [-0.25, -0.2) is 4.79 Å². The molecule has 0 unspecified atom stereocenters. The Labute approximate surface area is 184 Å². The largest absolute Gasteiger partial charge is 0.467 e. The van der Waals surface area contributed by atoms with Crippen molar-refractivity contribution in [2.24, 2.45) is 0 Å². The molecule has 0 spiro atoms. The van der Waals surface area contributed by atoms with Gasteiger partial charge in [0, 0.05) is 24.9 Å². The molecule has 2 aromatic rings. The first kappa shape index (κ1) is 22.9. The summed E-state index contributed by atoms with van der Waals surface area (Å²) in [6.07, 6.45) is 3.56. The molecule has 0 aliphatic carbocycles. The van der Waals surface area contributed by atoms with Gasteiger partial charge in [0.15, 0.2) is 0 Å². The van der Waals surface area contributed by atoms with Crippen molar-refractivity contribution in [1.29, 1.82) is 0 Å². The third-order valence-electron chi connectivity index (χ3n) is 5.63. The number of aryl methyl sites for hydroxylation is 2. The molecule has 1 atom stereocenters. The molecule has 1 aliphatic rings. The molecule has 1 aliphatic heterocycles. The number of nitrogens with one attached hydrogen (secondary N) is 1. The van der Waals surface area contributed by atoms with Crippen LogP contribution in [0.1, 0.15) is 43.6 Å². The number of anilines is 1. The van der Waals surface area contributed by atoms with Gasteiger partial charge >= 0.3 is 6.03 Å². The van der Waals surface area contributed by atoms with E-state index in [0.717, 1.165) is 36.3 Å². The number of hydrogen-bond acceptors (Lipinski definition) is 4. The second-order valence-electron chi connectivity index (χ2n) is 8.41. The Morgan fingerprint density at radius 1 is 1.16 bits per heavy atom. The maximum Gasteiger partial charge on any atom is 0.322 e. The van der Waals surface area contributed by atoms with Gasteiger partial charge in [-0.1, -0.05) is 18.2 Å². The lowest BCUT2D eigenvalue weighted by atomic mass is 10.1. The molecule has 7 heteroatoms. The van der Waals surface area contributed by atoms with Crippen LogP contribution < -0.4 is 5.32 Å². The van der Waals surface area contributed by atoms with E-state index in [1.54, 1.807) is 16.1 Å². The summed E-state index contributed by atoms with van der Waals surface area (Å²) in [5.74, 6) is 0.583. The van der Waals surface area contributed by atoms with Gasteiger partial charge in [-0.2, -0.15) is 0 Å². The minimum Gasteiger partial charge on any atom is -0.467 e. The molecule has 1 aromatic heterocycles. The molecule has 1 fully saturated rings. The van der Waals surface area contributed by atoms with Crippen molar-refractivity contribution in [3.63, 3.8) is 0 Å². The number of amides is 3. The van der Waals surface area contributed by atoms with Crippen LogP contribution in [0.25, 0.3) is 0 Å². The van der Waals surface area contributed by atoms with Gasteiger partial charge in [0.2, 0.25) is 5.91 Å². The summed E-state index contributed by atoms with van der Waals surface area (Å²) in [4.78, 5) is 29.6. The van der Waals surface area contributed by atoms with Crippen LogP contribution in [-0.2, 0) is 16.1 Å². The number of hydrogen-bond donors (Lipinski definition) is 1. The molecular formula is C24H33N3O4. The normalized spacial score (nSPS) is 15.8. The van der Waals surface area contributed by atoms with Crippen molar-refractivity contribution in [2.75, 3.05) is 25.0 Å². The van der Waals surface area contributed by atoms with E-state index in [1.165, 1.54) is 0 Å². The lowest BCUT2D eigenvalue weighted by Crippen LogP contribution is -2.48. The molecule has 2 heterocycles. The van der Waals surface area contributed by atoms with Gasteiger partial charge < -0.3 is 24.3 Å². The zero-order chi connectivity index (χ0) is 22.4. The molecule has 3 amide bonds. The van der Waals surface area contributed by atoms with Crippen molar-refractivity contribution in [3.8, 4) is 0 Å². The lowest BCUT2D eigenvalue weighted by molar-refractivity contribution is -0.134. The summed E-state index contributed by atoms with van der Waals surface area (Å²) in [7, 11) is 0. The molecule has 168 valence electrons. The fourth-order valence-electron chi connectivity index (χ4n) is 3.80. The van der Waals surface area contributed by atoms with Gasteiger partial charge in [-0.15, -0.1) is 0 Å². The van der Waals surface area contributed by atoms with E-state index < -0.39 is 0 Å². The average molecular weight is 428 g/mol. The Morgan fingerprint density at radius 2 is 1.90 bits per heavy atom. The predicted octanol–water partition coefficient (Wildman–Crippen LogP) is 4.35. The topological polar surface area (TPSA) is 75.0 Å². The second-order valence-corrected chi connectivity index (χ2v) is 8.41. The van der Waals surface area contributed by atoms with E-state index in [2.05, 4.69) is 5.32 Å². The Bertz CT molecular complexity index is 853. The third kappa shape index (κ3) is 6.10. The summed E-state index contributed by atoms with van der Waals surface area (Å²) >= 11 is 0. The zero-order valence-corrected chi connectivity index (χ0v) is 18.9. The van der Waals surface area contributed by atoms with Gasteiger partial charge in [-0.3, -0.25) is 4.79 Å². The number of carbonyl (C=O) groups is 2. The SMILES string of the molecule is Cc1cccc(C)c1NC(=O)N(CC(=O)N(Cc1ccco1)C[C@H]1CCCO1)C(C)C. The highest BCUT2D eigenvalue weighted by molar-refractivity contribution is 5.93. The smallest absolute Gasteiger partial charge is 0.322 e. The van der Waals surface area contributed by atoms with E-state index in [4.69, 9.17) is 9.15 Å². The molecule has 7 nitrogen and oxygen atoms in total. The van der Waals surface area contributed by atoms with Crippen LogP contribution in [0.15, 0.2) is 41.0 Å². The first-order valence-electron chi connectivity index (χ1n) is 10.9. The zero-order valence-electron chi connectivity index (χ0n) is 18.9. The number of urea groups is 1. The van der Waals surface area contributed by atoms with Crippen LogP contribution in [0, 0.1) is 13.8 Å². The highest BCUT2D eigenvalue weighted by Crippen LogP contribution is 2.21. The van der Waals surface area contributed by atoms with Crippen molar-refractivity contribution in [1.82, 2.24) is 9.80 Å². The molecular weight excluding hydrogens is 394 g/mol. The Hall–Kier alpha value is -2.80. The standard InChI is InChI=1S/C24H33N3O4/c1-17(2)27(24(29)25-23-18(3)8-5-9-19(23)4)16-22(28)26(14-20-10-6-12-30-20)15-21-11-7-13-31-21/h5-6,8-10,12,17,21H,7,11,13-16H2,1-4H3,(H,25,29)/t21-/m1/s1. The molecule has 0 bridgehead atoms. The van der Waals surface area contributed by atoms with E-state index in [-0.39, 0.29) is 30.6 Å². The summed E-state index contributed by atoms with van der Waals surface area (Å²) < 4.78 is 11.2. The second kappa shape index (κ2) is 10.5. The maximum atomic E-state index is 13.3. The molecule has 3 rings (SSSR count). The van der Waals surface area contributed by atoms with Crippen LogP contribution in [0.4, 0.5) is 10.5 Å². The average Bonchev–Trinajstić information content (AvgIpc) is 3.42. The Morgan fingerprint density at radius 3 is 2.48 bits per heavy atom. The van der Waals surface area contributed by atoms with Gasteiger partial charge in [0.05, 0.1) is 18.9 Å². The maximum absolute atomic E-state index is 13.3. The van der Waals surface area contributed by atoms with E-state index >= 15 is 0 Å². The van der Waals surface area contributed by atoms with Crippen LogP contribution in [0.3, 0.4) is 0 Å². The van der Waals surface area contributed by atoms with Crippen LogP contribution in [-0.4, -0.2) is 53.6 Å². The molecule has 31 heavy (non-hydrogen) atoms. The van der Waals surface area contributed by atoms with E-state index in [9.17, 15) is 9.59 Å². The Balaban J connectivity index is 1.72. The quantitative estimate of drug-likeness (QED) is 0.680. The van der Waals surface area contributed by atoms with Crippen molar-refractivity contribution >= 4 is 17.6 Å². The van der Waals surface area contributed by atoms with Crippen molar-refractivity contribution in [2.45, 2.75) is 59.2 Å². The van der Waals surface area contributed by atoms with Gasteiger partial charge in [-0.05, 0) is 63.8 Å². The number of furan rings is 1. The van der Waals surface area contributed by atoms with E-state index in [0.29, 0.717) is 18.8 Å². The molecule has 1 aromatic carbocycles. The number of benzene rings is 1. The number of rotatable bonds is 8. The monoisotopic (exact) mass is 427 g/mol. The highest BCUT2D eigenvalue weighted by atomic mass is 16.5. The van der Waals surface area contributed by atoms with Crippen molar-refractivity contribution in [3.05, 3.63) is 53.5 Å². The first-order chi connectivity index (χ1) is 14.8. The fourth-order valence-corrected chi connectivity index (χ4v) is 3.80. The van der Waals surface area contributed by atoms with E-state index in [1.807, 2.05) is 58.0 Å². The van der Waals surface area contributed by atoms with Gasteiger partial charge in [0.1, 0.15) is 12.3 Å². The minimum absolute atomic E-state index is 0.0120. The van der Waals surface area contributed by atoms with Gasteiger partial charge in [0.25, 0.3) is 0 Å². The van der Waals surface area contributed by atoms with Crippen LogP contribution >= 0.6 is 0 Å². The third-order valence-corrected chi connectivity index (χ3v) is 5.63. The summed E-state index contributed by atoms with van der Waals surface area (Å²) in [5.41, 5.74) is 2.76. The highest BCUT2D eigenvalue weighted by Gasteiger charge is 2.27. The number of carbonyl (C=O) groups excluding carboxylic acids is 2. The van der Waals surface area contributed by atoms with Crippen molar-refractivity contribution < 1.29 is 18.7 Å². The molecule has 1 N–H and O–H groups in total. The first-order valence-corrected chi connectivity index (χ1v) is 10.9. The lowest BCUT2D eigenvalue weighted by Gasteiger charge is -2.31. The number of ether oxygens (including phenoxy) is 1. The number of nitrogens with zero attached hydrogens (tertiary/aromatic N) is 2. The molecule has 1 saturated heterocycles. The fraction of sp³-hybridized carbons (Fsp3) is 0.500. The molecule has 0 radical (unpaired) electrons. The summed E-state index contributed by atoms with van der Waals surface area (Å²) in [6.45, 7) is 9.30. The number of para-hydroxylation sites is 1. The summed E-state index contributed by atoms with van der Waals surface area (Å²) in [6, 6.07) is 9.12. The van der Waals surface area contributed by atoms with Crippen LogP contribution in [0.5, 0.6) is 0 Å². The Kier molecular flexibility index (Phi) is 7.74. The molecule has 0 saturated carbocycles. The minimum atomic E-state index is -0.282. The van der Waals surface area contributed by atoms with Crippen LogP contribution in [0.2, 0.25) is 0 Å². The summed E-state index contributed by atoms with van der Waals surface area (Å²) in [5, 5.41) is 3.00. The predicted molar refractivity (Wildman–Crippen MR) is 120 cm³/mol.